The number of methoxy groups -OCH3 is 2. The summed E-state index contributed by atoms with van der Waals surface area (Å²) in [6, 6.07) is 13.8. The molecule has 1 heterocycles. The number of carbonyl (C=O) groups excluding carboxylic acids is 4. The monoisotopic (exact) mass is 523 g/mol. The van der Waals surface area contributed by atoms with Crippen LogP contribution in [0.1, 0.15) is 30.9 Å². The van der Waals surface area contributed by atoms with Gasteiger partial charge in [-0.15, -0.1) is 0 Å². The number of nitrogens with zero attached hydrogens (tertiary/aromatic N) is 1. The summed E-state index contributed by atoms with van der Waals surface area (Å²) in [5, 5.41) is 5.24. The molecule has 2 N–H and O–H groups in total. The Kier molecular flexibility index (Phi) is 10.3. The molecule has 0 bridgehead atoms. The molecule has 10 heteroatoms. The first kappa shape index (κ1) is 28.2. The summed E-state index contributed by atoms with van der Waals surface area (Å²) in [5.41, 5.74) is 1.66. The topological polar surface area (TPSA) is 123 Å². The largest absolute Gasteiger partial charge is 0.493 e. The van der Waals surface area contributed by atoms with Crippen LogP contribution in [0, 0.1) is 0 Å². The van der Waals surface area contributed by atoms with E-state index in [9.17, 15) is 19.2 Å². The Balaban J connectivity index is 1.72. The van der Waals surface area contributed by atoms with Crippen LogP contribution in [0.4, 0.5) is 0 Å². The molecule has 3 rings (SSSR count). The van der Waals surface area contributed by atoms with E-state index in [1.807, 2.05) is 30.3 Å². The Bertz CT molecular complexity index is 1180. The molecule has 2 aromatic rings. The predicted octanol–water partition coefficient (Wildman–Crippen LogP) is 2.07. The number of carbonyl (C=O) groups is 4. The first-order chi connectivity index (χ1) is 18.3. The lowest BCUT2D eigenvalue weighted by atomic mass is 10.1. The Morgan fingerprint density at radius 2 is 1.82 bits per heavy atom. The van der Waals surface area contributed by atoms with Gasteiger partial charge in [0, 0.05) is 20.0 Å². The van der Waals surface area contributed by atoms with Crippen molar-refractivity contribution in [2.24, 2.45) is 0 Å². The minimum atomic E-state index is -1.07. The second-order valence-electron chi connectivity index (χ2n) is 8.67. The van der Waals surface area contributed by atoms with Crippen molar-refractivity contribution in [3.63, 3.8) is 0 Å². The molecule has 0 aliphatic carbocycles. The Labute approximate surface area is 221 Å². The molecule has 1 saturated heterocycles. The van der Waals surface area contributed by atoms with Crippen molar-refractivity contribution in [1.29, 1.82) is 0 Å². The van der Waals surface area contributed by atoms with Crippen LogP contribution < -0.4 is 20.1 Å². The molecule has 202 valence electrons. The minimum Gasteiger partial charge on any atom is -0.493 e. The van der Waals surface area contributed by atoms with Gasteiger partial charge < -0.3 is 29.7 Å². The molecule has 0 radical (unpaired) electrons. The number of nitrogens with one attached hydrogen (secondary N) is 2. The number of hydrogen-bond donors (Lipinski definition) is 2. The maximum absolute atomic E-state index is 13.5. The molecule has 38 heavy (non-hydrogen) atoms. The molecule has 0 spiro atoms. The molecule has 3 amide bonds. The highest BCUT2D eigenvalue weighted by Crippen LogP contribution is 2.28. The van der Waals surface area contributed by atoms with Crippen molar-refractivity contribution in [3.8, 4) is 11.5 Å². The number of rotatable bonds is 11. The van der Waals surface area contributed by atoms with E-state index in [2.05, 4.69) is 10.6 Å². The van der Waals surface area contributed by atoms with E-state index < -0.39 is 29.7 Å². The van der Waals surface area contributed by atoms with Crippen LogP contribution in [0.3, 0.4) is 0 Å². The van der Waals surface area contributed by atoms with Crippen molar-refractivity contribution in [3.05, 3.63) is 65.4 Å². The van der Waals surface area contributed by atoms with Crippen molar-refractivity contribution < 1.29 is 33.4 Å². The maximum Gasteiger partial charge on any atom is 0.308 e. The Morgan fingerprint density at radius 1 is 1.08 bits per heavy atom. The van der Waals surface area contributed by atoms with Gasteiger partial charge in [-0.25, -0.2) is 0 Å². The lowest BCUT2D eigenvalue weighted by Gasteiger charge is -2.35. The van der Waals surface area contributed by atoms with Crippen LogP contribution in [0.2, 0.25) is 0 Å². The fraction of sp³-hybridized carbons (Fsp3) is 0.357. The summed E-state index contributed by atoms with van der Waals surface area (Å²) < 4.78 is 15.9. The van der Waals surface area contributed by atoms with Gasteiger partial charge >= 0.3 is 5.97 Å². The van der Waals surface area contributed by atoms with E-state index in [1.54, 1.807) is 18.2 Å². The van der Waals surface area contributed by atoms with E-state index >= 15 is 0 Å². The van der Waals surface area contributed by atoms with Gasteiger partial charge in [0.15, 0.2) is 11.5 Å². The third-order valence-electron chi connectivity index (χ3n) is 5.93. The molecular weight excluding hydrogens is 490 g/mol. The van der Waals surface area contributed by atoms with Gasteiger partial charge in [-0.3, -0.25) is 19.2 Å². The number of piperazine rings is 1. The third-order valence-corrected chi connectivity index (χ3v) is 5.93. The van der Waals surface area contributed by atoms with Gasteiger partial charge in [0.25, 0.3) is 5.91 Å². The zero-order valence-corrected chi connectivity index (χ0v) is 21.8. The molecule has 0 aromatic heterocycles. The Morgan fingerprint density at radius 3 is 2.50 bits per heavy atom. The number of ether oxygens (including phenoxy) is 3. The molecular formula is C28H33N3O7. The average Bonchev–Trinajstić information content (AvgIpc) is 2.91. The second-order valence-corrected chi connectivity index (χ2v) is 8.67. The fourth-order valence-corrected chi connectivity index (χ4v) is 4.09. The SMILES string of the molecule is COc1ccc(/C=C(\NC(C)=O)C(=O)N2CCNC(=O)C2CC(=O)OCCCc2ccccc2)cc1OC. The van der Waals surface area contributed by atoms with Crippen LogP contribution in [0.25, 0.3) is 6.08 Å². The van der Waals surface area contributed by atoms with Gasteiger partial charge in [0.2, 0.25) is 11.8 Å². The van der Waals surface area contributed by atoms with Gasteiger partial charge in [-0.05, 0) is 42.2 Å². The first-order valence-electron chi connectivity index (χ1n) is 12.3. The highest BCUT2D eigenvalue weighted by atomic mass is 16.5. The summed E-state index contributed by atoms with van der Waals surface area (Å²) in [7, 11) is 3.00. The van der Waals surface area contributed by atoms with Gasteiger partial charge in [-0.1, -0.05) is 36.4 Å². The molecule has 1 aliphatic heterocycles. The second kappa shape index (κ2) is 13.8. The number of esters is 1. The quantitative estimate of drug-likeness (QED) is 0.263. The van der Waals surface area contributed by atoms with E-state index in [0.717, 1.165) is 12.0 Å². The number of amides is 3. The van der Waals surface area contributed by atoms with E-state index in [1.165, 1.54) is 32.1 Å². The van der Waals surface area contributed by atoms with E-state index in [0.29, 0.717) is 23.5 Å². The summed E-state index contributed by atoms with van der Waals surface area (Å²) in [4.78, 5) is 51.9. The fourth-order valence-electron chi connectivity index (χ4n) is 4.09. The van der Waals surface area contributed by atoms with E-state index in [-0.39, 0.29) is 31.8 Å². The Hall–Kier alpha value is -4.34. The smallest absolute Gasteiger partial charge is 0.308 e. The molecule has 10 nitrogen and oxygen atoms in total. The molecule has 0 saturated carbocycles. The van der Waals surface area contributed by atoms with Crippen molar-refractivity contribution in [2.45, 2.75) is 32.2 Å². The van der Waals surface area contributed by atoms with Crippen molar-refractivity contribution >= 4 is 29.8 Å². The van der Waals surface area contributed by atoms with Crippen LogP contribution >= 0.6 is 0 Å². The summed E-state index contributed by atoms with van der Waals surface area (Å²) in [6.45, 7) is 1.87. The van der Waals surface area contributed by atoms with Crippen LogP contribution in [-0.2, 0) is 30.3 Å². The minimum absolute atomic E-state index is 0.0411. The maximum atomic E-state index is 13.5. The predicted molar refractivity (Wildman–Crippen MR) is 140 cm³/mol. The highest BCUT2D eigenvalue weighted by molar-refractivity contribution is 6.03. The molecule has 1 aliphatic rings. The zero-order chi connectivity index (χ0) is 27.5. The lowest BCUT2D eigenvalue weighted by Crippen LogP contribution is -2.58. The van der Waals surface area contributed by atoms with Crippen LogP contribution in [-0.4, -0.2) is 68.5 Å². The van der Waals surface area contributed by atoms with Crippen molar-refractivity contribution in [2.75, 3.05) is 33.9 Å². The van der Waals surface area contributed by atoms with Crippen molar-refractivity contribution in [1.82, 2.24) is 15.5 Å². The zero-order valence-electron chi connectivity index (χ0n) is 21.8. The highest BCUT2D eigenvalue weighted by Gasteiger charge is 2.36. The molecule has 1 atom stereocenters. The third kappa shape index (κ3) is 7.83. The summed E-state index contributed by atoms with van der Waals surface area (Å²) in [6.07, 6.45) is 2.57. The first-order valence-corrected chi connectivity index (χ1v) is 12.3. The molecule has 1 fully saturated rings. The average molecular weight is 524 g/mol. The molecule has 1 unspecified atom stereocenters. The van der Waals surface area contributed by atoms with Gasteiger partial charge in [0.05, 0.1) is 27.2 Å². The van der Waals surface area contributed by atoms with Crippen LogP contribution in [0.15, 0.2) is 54.2 Å². The molecule has 2 aromatic carbocycles. The normalized spacial score (nSPS) is 15.3. The summed E-state index contributed by atoms with van der Waals surface area (Å²) >= 11 is 0. The standard InChI is InChI=1S/C28H33N3O7/c1-19(32)30-22(16-21-11-12-24(36-2)25(17-21)37-3)28(35)31-14-13-29-27(34)23(31)18-26(33)38-15-7-10-20-8-5-4-6-9-20/h4-6,8-9,11-12,16-17,23H,7,10,13-15,18H2,1-3H3,(H,29,34)(H,30,32)/b22-16-. The number of aryl methyl sites for hydroxylation is 1. The summed E-state index contributed by atoms with van der Waals surface area (Å²) in [5.74, 6) is -1.14. The number of hydrogen-bond acceptors (Lipinski definition) is 7. The van der Waals surface area contributed by atoms with E-state index in [4.69, 9.17) is 14.2 Å². The van der Waals surface area contributed by atoms with Gasteiger partial charge in [0.1, 0.15) is 11.7 Å². The number of benzene rings is 2. The van der Waals surface area contributed by atoms with Crippen LogP contribution in [0.5, 0.6) is 11.5 Å². The van der Waals surface area contributed by atoms with Gasteiger partial charge in [-0.2, -0.15) is 0 Å². The lowest BCUT2D eigenvalue weighted by molar-refractivity contribution is -0.151.